The first-order valence-electron chi connectivity index (χ1n) is 6.05. The third-order valence-electron chi connectivity index (χ3n) is 2.85. The molecule has 1 aromatic heterocycles. The normalized spacial score (nSPS) is 11.9. The molecular weight excluding hydrogens is 269 g/mol. The molecule has 20 heavy (non-hydrogen) atoms. The zero-order chi connectivity index (χ0) is 14.9. The van der Waals surface area contributed by atoms with Crippen LogP contribution in [0.1, 0.15) is 35.9 Å². The summed E-state index contributed by atoms with van der Waals surface area (Å²) in [5, 5.41) is 4.06. The van der Waals surface area contributed by atoms with Crippen LogP contribution in [0.2, 0.25) is 0 Å². The van der Waals surface area contributed by atoms with Crippen molar-refractivity contribution in [3.63, 3.8) is 0 Å². The zero-order valence-corrected chi connectivity index (χ0v) is 11.0. The maximum Gasteiger partial charge on any atom is 0.416 e. The number of nitrogens with zero attached hydrogens (tertiary/aromatic N) is 2. The highest BCUT2D eigenvalue weighted by atomic mass is 19.4. The van der Waals surface area contributed by atoms with Gasteiger partial charge in [0.2, 0.25) is 0 Å². The first kappa shape index (κ1) is 14.3. The lowest BCUT2D eigenvalue weighted by Gasteiger charge is -2.12. The number of alkyl halides is 3. The van der Waals surface area contributed by atoms with Crippen molar-refractivity contribution < 1.29 is 18.0 Å². The van der Waals surface area contributed by atoms with Crippen molar-refractivity contribution in [1.29, 1.82) is 0 Å². The van der Waals surface area contributed by atoms with Crippen molar-refractivity contribution in [2.45, 2.75) is 26.1 Å². The molecule has 0 radical (unpaired) electrons. The number of halogens is 3. The quantitative estimate of drug-likeness (QED) is 0.799. The van der Waals surface area contributed by atoms with E-state index in [1.54, 1.807) is 10.7 Å². The molecule has 2 rings (SSSR count). The van der Waals surface area contributed by atoms with Crippen LogP contribution in [0.5, 0.6) is 0 Å². The summed E-state index contributed by atoms with van der Waals surface area (Å²) in [4.78, 5) is 10.8. The molecule has 3 nitrogen and oxygen atoms in total. The number of aldehydes is 1. The summed E-state index contributed by atoms with van der Waals surface area (Å²) < 4.78 is 39.7. The SMILES string of the molecule is CC(C)n1nc(C=O)cc1-c1cccc(C(F)(F)F)c1. The Hall–Kier alpha value is -2.11. The molecule has 0 aliphatic carbocycles. The third-order valence-corrected chi connectivity index (χ3v) is 2.85. The maximum absolute atomic E-state index is 12.7. The summed E-state index contributed by atoms with van der Waals surface area (Å²) >= 11 is 0. The van der Waals surface area contributed by atoms with E-state index in [0.717, 1.165) is 12.1 Å². The van der Waals surface area contributed by atoms with Crippen molar-refractivity contribution in [2.24, 2.45) is 0 Å². The van der Waals surface area contributed by atoms with Gasteiger partial charge in [-0.3, -0.25) is 9.48 Å². The van der Waals surface area contributed by atoms with Crippen LogP contribution in [0, 0.1) is 0 Å². The molecule has 0 saturated carbocycles. The van der Waals surface area contributed by atoms with E-state index in [1.165, 1.54) is 12.1 Å². The molecule has 0 spiro atoms. The van der Waals surface area contributed by atoms with E-state index in [-0.39, 0.29) is 11.7 Å². The van der Waals surface area contributed by atoms with Crippen molar-refractivity contribution in [3.8, 4) is 11.3 Å². The Balaban J connectivity index is 2.56. The van der Waals surface area contributed by atoms with Crippen molar-refractivity contribution in [2.75, 3.05) is 0 Å². The number of carbonyl (C=O) groups is 1. The predicted molar refractivity (Wildman–Crippen MR) is 68.4 cm³/mol. The van der Waals surface area contributed by atoms with E-state index in [2.05, 4.69) is 5.10 Å². The average Bonchev–Trinajstić information content (AvgIpc) is 2.82. The van der Waals surface area contributed by atoms with Crippen molar-refractivity contribution >= 4 is 6.29 Å². The Bertz CT molecular complexity index is 630. The van der Waals surface area contributed by atoms with E-state index in [1.807, 2.05) is 13.8 Å². The number of aromatic nitrogens is 2. The van der Waals surface area contributed by atoms with Crippen LogP contribution < -0.4 is 0 Å². The van der Waals surface area contributed by atoms with E-state index in [0.29, 0.717) is 17.5 Å². The van der Waals surface area contributed by atoms with Gasteiger partial charge in [-0.1, -0.05) is 12.1 Å². The molecule has 0 atom stereocenters. The fourth-order valence-corrected chi connectivity index (χ4v) is 1.94. The molecule has 0 fully saturated rings. The van der Waals surface area contributed by atoms with Crippen LogP contribution in [0.3, 0.4) is 0 Å². The van der Waals surface area contributed by atoms with E-state index in [9.17, 15) is 18.0 Å². The number of benzene rings is 1. The summed E-state index contributed by atoms with van der Waals surface area (Å²) in [7, 11) is 0. The van der Waals surface area contributed by atoms with Crippen LogP contribution in [0.15, 0.2) is 30.3 Å². The van der Waals surface area contributed by atoms with Gasteiger partial charge < -0.3 is 0 Å². The monoisotopic (exact) mass is 282 g/mol. The number of hydrogen-bond donors (Lipinski definition) is 0. The van der Waals surface area contributed by atoms with Crippen molar-refractivity contribution in [3.05, 3.63) is 41.6 Å². The summed E-state index contributed by atoms with van der Waals surface area (Å²) in [6.45, 7) is 3.69. The van der Waals surface area contributed by atoms with E-state index in [4.69, 9.17) is 0 Å². The second kappa shape index (κ2) is 5.11. The number of carbonyl (C=O) groups excluding carboxylic acids is 1. The molecule has 1 aromatic carbocycles. The van der Waals surface area contributed by atoms with Crippen molar-refractivity contribution in [1.82, 2.24) is 9.78 Å². The van der Waals surface area contributed by atoms with Crippen LogP contribution in [-0.4, -0.2) is 16.1 Å². The highest BCUT2D eigenvalue weighted by Gasteiger charge is 2.30. The Morgan fingerprint density at radius 3 is 2.50 bits per heavy atom. The smallest absolute Gasteiger partial charge is 0.296 e. The molecule has 0 N–H and O–H groups in total. The molecular formula is C14H13F3N2O. The summed E-state index contributed by atoms with van der Waals surface area (Å²) in [5.41, 5.74) is 0.354. The van der Waals surface area contributed by atoms with Gasteiger partial charge in [0.25, 0.3) is 0 Å². The first-order valence-corrected chi connectivity index (χ1v) is 6.05. The van der Waals surface area contributed by atoms with Gasteiger partial charge in [0.15, 0.2) is 6.29 Å². The highest BCUT2D eigenvalue weighted by Crippen LogP contribution is 2.32. The van der Waals surface area contributed by atoms with Crippen LogP contribution in [0.25, 0.3) is 11.3 Å². The second-order valence-electron chi connectivity index (χ2n) is 4.69. The van der Waals surface area contributed by atoms with Gasteiger partial charge in [-0.15, -0.1) is 0 Å². The number of rotatable bonds is 3. The molecule has 6 heteroatoms. The van der Waals surface area contributed by atoms with Gasteiger partial charge >= 0.3 is 6.18 Å². The predicted octanol–water partition coefficient (Wildman–Crippen LogP) is 3.96. The first-order chi connectivity index (χ1) is 9.32. The molecule has 0 saturated heterocycles. The molecule has 0 unspecified atom stereocenters. The Kier molecular flexibility index (Phi) is 3.65. The maximum atomic E-state index is 12.7. The fraction of sp³-hybridized carbons (Fsp3) is 0.286. The standard InChI is InChI=1S/C14H13F3N2O/c1-9(2)19-13(7-12(8-20)18-19)10-4-3-5-11(6-10)14(15,16)17/h3-9H,1-2H3. The van der Waals surface area contributed by atoms with E-state index < -0.39 is 11.7 Å². The van der Waals surface area contributed by atoms with E-state index >= 15 is 0 Å². The highest BCUT2D eigenvalue weighted by molar-refractivity contribution is 5.75. The van der Waals surface area contributed by atoms with Crippen LogP contribution in [0.4, 0.5) is 13.2 Å². The lowest BCUT2D eigenvalue weighted by Crippen LogP contribution is -2.07. The fourth-order valence-electron chi connectivity index (χ4n) is 1.94. The molecule has 0 bridgehead atoms. The average molecular weight is 282 g/mol. The topological polar surface area (TPSA) is 34.9 Å². The molecule has 0 aliphatic heterocycles. The Morgan fingerprint density at radius 2 is 1.95 bits per heavy atom. The minimum absolute atomic E-state index is 0.0618. The van der Waals surface area contributed by atoms with Gasteiger partial charge in [-0.2, -0.15) is 18.3 Å². The molecule has 0 aliphatic rings. The molecule has 1 heterocycles. The van der Waals surface area contributed by atoms with Crippen LogP contribution >= 0.6 is 0 Å². The lowest BCUT2D eigenvalue weighted by atomic mass is 10.1. The minimum atomic E-state index is -4.40. The van der Waals surface area contributed by atoms with Gasteiger partial charge in [0.05, 0.1) is 11.3 Å². The van der Waals surface area contributed by atoms with Crippen LogP contribution in [-0.2, 0) is 6.18 Å². The molecule has 0 amide bonds. The largest absolute Gasteiger partial charge is 0.416 e. The third kappa shape index (κ3) is 2.74. The molecule has 2 aromatic rings. The lowest BCUT2D eigenvalue weighted by molar-refractivity contribution is -0.137. The van der Waals surface area contributed by atoms with Gasteiger partial charge in [0, 0.05) is 11.6 Å². The minimum Gasteiger partial charge on any atom is -0.296 e. The van der Waals surface area contributed by atoms with Gasteiger partial charge in [0.1, 0.15) is 5.69 Å². The zero-order valence-electron chi connectivity index (χ0n) is 11.0. The van der Waals surface area contributed by atoms with Gasteiger partial charge in [-0.05, 0) is 32.0 Å². The number of hydrogen-bond acceptors (Lipinski definition) is 2. The summed E-state index contributed by atoms with van der Waals surface area (Å²) in [6, 6.07) is 6.41. The summed E-state index contributed by atoms with van der Waals surface area (Å²) in [5.74, 6) is 0. The molecule has 106 valence electrons. The Morgan fingerprint density at radius 1 is 1.25 bits per heavy atom. The summed E-state index contributed by atoms with van der Waals surface area (Å²) in [6.07, 6.45) is -3.82. The Labute approximate surface area is 114 Å². The second-order valence-corrected chi connectivity index (χ2v) is 4.69. The van der Waals surface area contributed by atoms with Gasteiger partial charge in [-0.25, -0.2) is 0 Å².